The van der Waals surface area contributed by atoms with Gasteiger partial charge in [-0.1, -0.05) is 42.5 Å². The Morgan fingerprint density at radius 3 is 2.08 bits per heavy atom. The van der Waals surface area contributed by atoms with Crippen molar-refractivity contribution < 1.29 is 32.1 Å². The molecule has 0 saturated carbocycles. The van der Waals surface area contributed by atoms with Crippen molar-refractivity contribution in [2.45, 2.75) is 23.8 Å². The number of carbonyl (C=O) groups excluding carboxylic acids is 3. The third-order valence-electron chi connectivity index (χ3n) is 7.31. The fourth-order valence-corrected chi connectivity index (χ4v) is 6.31. The molecular weight excluding hydrogens is 510 g/mol. The van der Waals surface area contributed by atoms with E-state index in [0.29, 0.717) is 31.6 Å². The monoisotopic (exact) mass is 539 g/mol. The number of fused-ring (bicyclic) bond motifs is 1. The third kappa shape index (κ3) is 5.03. The van der Waals surface area contributed by atoms with Crippen LogP contribution in [0.4, 0.5) is 5.69 Å². The number of aromatic hydroxyl groups is 1. The first-order valence-electron chi connectivity index (χ1n) is 12.6. The Hall–Kier alpha value is -3.70. The summed E-state index contributed by atoms with van der Waals surface area (Å²) in [6.07, 6.45) is 3.00. The lowest BCUT2D eigenvalue weighted by Crippen LogP contribution is -2.54. The number of piperazine rings is 1. The van der Waals surface area contributed by atoms with Gasteiger partial charge >= 0.3 is 0 Å². The zero-order valence-corrected chi connectivity index (χ0v) is 21.5. The Morgan fingerprint density at radius 2 is 1.47 bits per heavy atom. The number of hydrogen-bond acceptors (Lipinski definition) is 8. The maximum Gasteiger partial charge on any atom is 0.297 e. The Morgan fingerprint density at radius 1 is 0.895 bits per heavy atom. The van der Waals surface area contributed by atoms with Gasteiger partial charge in [-0.15, -0.1) is 0 Å². The van der Waals surface area contributed by atoms with E-state index in [4.69, 9.17) is 4.18 Å². The molecule has 3 unspecified atom stereocenters. The number of allylic oxidation sites excluding steroid dienone is 2. The van der Waals surface area contributed by atoms with Gasteiger partial charge in [0.1, 0.15) is 5.75 Å². The van der Waals surface area contributed by atoms with Gasteiger partial charge in [-0.2, -0.15) is 8.42 Å². The lowest BCUT2D eigenvalue weighted by molar-refractivity contribution is -0.145. The van der Waals surface area contributed by atoms with Crippen LogP contribution in [-0.2, 0) is 28.7 Å². The molecule has 2 heterocycles. The van der Waals surface area contributed by atoms with E-state index in [2.05, 4.69) is 0 Å². The Balaban J connectivity index is 1.36. The fraction of sp³-hybridized carbons (Fsp3) is 0.370. The van der Waals surface area contributed by atoms with Gasteiger partial charge in [-0.25, -0.2) is 0 Å². The molecule has 38 heavy (non-hydrogen) atoms. The first kappa shape index (κ1) is 25.9. The summed E-state index contributed by atoms with van der Waals surface area (Å²) >= 11 is 0. The molecule has 0 radical (unpaired) electrons. The van der Waals surface area contributed by atoms with Crippen molar-refractivity contribution >= 4 is 33.5 Å². The summed E-state index contributed by atoms with van der Waals surface area (Å²) in [5, 5.41) is 10.2. The van der Waals surface area contributed by atoms with E-state index in [9.17, 15) is 27.9 Å². The fourth-order valence-electron chi connectivity index (χ4n) is 5.26. The number of nitrogens with zero attached hydrogens (tertiary/aromatic N) is 3. The van der Waals surface area contributed by atoms with E-state index >= 15 is 0 Å². The molecule has 200 valence electrons. The number of hydrogen-bond donors (Lipinski definition) is 1. The van der Waals surface area contributed by atoms with Gasteiger partial charge in [0.2, 0.25) is 11.8 Å². The number of phenols is 1. The van der Waals surface area contributed by atoms with Crippen molar-refractivity contribution in [3.8, 4) is 5.75 Å². The van der Waals surface area contributed by atoms with Crippen LogP contribution in [0.25, 0.3) is 0 Å². The van der Waals surface area contributed by atoms with Crippen LogP contribution in [0, 0.1) is 11.8 Å². The van der Waals surface area contributed by atoms with Crippen LogP contribution in [0.5, 0.6) is 5.75 Å². The summed E-state index contributed by atoms with van der Waals surface area (Å²) in [4.78, 5) is 44.0. The van der Waals surface area contributed by atoms with Crippen molar-refractivity contribution in [3.63, 3.8) is 0 Å². The molecule has 3 atom stereocenters. The van der Waals surface area contributed by atoms with Crippen LogP contribution < -0.4 is 4.90 Å². The number of para-hydroxylation sites is 2. The number of imide groups is 1. The SMILES string of the molecule is O=C(C(CN1C(=O)C2CC=CCC2C1=O)OS(=O)(=O)c1ccccc1)N1CCN(c2ccccc2O)CC1. The maximum absolute atomic E-state index is 13.6. The van der Waals surface area contributed by atoms with Crippen LogP contribution in [0.1, 0.15) is 12.8 Å². The number of rotatable bonds is 7. The van der Waals surface area contributed by atoms with Gasteiger partial charge in [0.05, 0.1) is 29.0 Å². The summed E-state index contributed by atoms with van der Waals surface area (Å²) in [6, 6.07) is 14.3. The summed E-state index contributed by atoms with van der Waals surface area (Å²) in [5.74, 6) is -2.31. The van der Waals surface area contributed by atoms with Crippen LogP contribution >= 0.6 is 0 Å². The molecule has 5 rings (SSSR count). The van der Waals surface area contributed by atoms with Gasteiger partial charge in [0.15, 0.2) is 6.10 Å². The van der Waals surface area contributed by atoms with Crippen LogP contribution in [0.2, 0.25) is 0 Å². The molecule has 2 saturated heterocycles. The molecular formula is C27H29N3O7S. The third-order valence-corrected chi connectivity index (χ3v) is 8.65. The number of likely N-dealkylation sites (tertiary alicyclic amines) is 1. The van der Waals surface area contributed by atoms with E-state index in [0.717, 1.165) is 4.90 Å². The second-order valence-electron chi connectivity index (χ2n) is 9.60. The van der Waals surface area contributed by atoms with E-state index in [1.54, 1.807) is 24.3 Å². The Kier molecular flexibility index (Phi) is 7.22. The molecule has 2 aromatic rings. The summed E-state index contributed by atoms with van der Waals surface area (Å²) in [6.45, 7) is 0.817. The zero-order chi connectivity index (χ0) is 26.9. The second-order valence-corrected chi connectivity index (χ2v) is 11.2. The van der Waals surface area contributed by atoms with Gasteiger partial charge in [-0.3, -0.25) is 23.5 Å². The average Bonchev–Trinajstić information content (AvgIpc) is 3.18. The standard InChI is InChI=1S/C27H29N3O7S/c31-23-13-7-6-12-22(23)28-14-16-29(17-15-28)27(34)24(37-38(35,36)19-8-2-1-3-9-19)18-30-25(32)20-10-4-5-11-21(20)26(30)33/h1-9,12-13,20-21,24,31H,10-11,14-18H2. The molecule has 2 aromatic carbocycles. The molecule has 0 aromatic heterocycles. The van der Waals surface area contributed by atoms with E-state index < -0.39 is 52.3 Å². The normalized spacial score (nSPS) is 22.5. The maximum atomic E-state index is 13.6. The molecule has 3 aliphatic rings. The quantitative estimate of drug-likeness (QED) is 0.321. The van der Waals surface area contributed by atoms with Crippen molar-refractivity contribution in [3.05, 3.63) is 66.7 Å². The van der Waals surface area contributed by atoms with Gasteiger partial charge in [0.25, 0.3) is 16.0 Å². The molecule has 1 N–H and O–H groups in total. The molecule has 10 nitrogen and oxygen atoms in total. The summed E-state index contributed by atoms with van der Waals surface area (Å²) in [5.41, 5.74) is 0.642. The number of carbonyl (C=O) groups is 3. The Labute approximate surface area is 221 Å². The van der Waals surface area contributed by atoms with Crippen molar-refractivity contribution in [2.75, 3.05) is 37.6 Å². The van der Waals surface area contributed by atoms with Gasteiger partial charge < -0.3 is 14.9 Å². The van der Waals surface area contributed by atoms with Crippen LogP contribution in [-0.4, -0.2) is 79.9 Å². The van der Waals surface area contributed by atoms with Crippen LogP contribution in [0.3, 0.4) is 0 Å². The number of amides is 3. The number of benzene rings is 2. The number of phenolic OH excluding ortho intramolecular Hbond substituents is 1. The molecule has 2 fully saturated rings. The predicted molar refractivity (Wildman–Crippen MR) is 137 cm³/mol. The zero-order valence-electron chi connectivity index (χ0n) is 20.7. The van der Waals surface area contributed by atoms with Crippen molar-refractivity contribution in [2.24, 2.45) is 11.8 Å². The van der Waals surface area contributed by atoms with E-state index in [1.165, 1.54) is 29.2 Å². The molecule has 0 bridgehead atoms. The topological polar surface area (TPSA) is 125 Å². The van der Waals surface area contributed by atoms with Crippen molar-refractivity contribution in [1.29, 1.82) is 0 Å². The average molecular weight is 540 g/mol. The first-order chi connectivity index (χ1) is 18.3. The lowest BCUT2D eigenvalue weighted by Gasteiger charge is -2.37. The summed E-state index contributed by atoms with van der Waals surface area (Å²) < 4.78 is 31.6. The largest absolute Gasteiger partial charge is 0.506 e. The predicted octanol–water partition coefficient (Wildman–Crippen LogP) is 1.77. The smallest absolute Gasteiger partial charge is 0.297 e. The van der Waals surface area contributed by atoms with Crippen molar-refractivity contribution in [1.82, 2.24) is 9.80 Å². The lowest BCUT2D eigenvalue weighted by atomic mass is 9.85. The van der Waals surface area contributed by atoms with Crippen LogP contribution in [0.15, 0.2) is 71.6 Å². The minimum absolute atomic E-state index is 0.126. The minimum atomic E-state index is -4.36. The second kappa shape index (κ2) is 10.6. The molecule has 3 amide bonds. The molecule has 1 aliphatic carbocycles. The highest BCUT2D eigenvalue weighted by atomic mass is 32.2. The summed E-state index contributed by atoms with van der Waals surface area (Å²) in [7, 11) is -4.36. The highest BCUT2D eigenvalue weighted by Crippen LogP contribution is 2.35. The first-order valence-corrected chi connectivity index (χ1v) is 14.0. The Bertz CT molecular complexity index is 1330. The van der Waals surface area contributed by atoms with E-state index in [1.807, 2.05) is 23.1 Å². The molecule has 0 spiro atoms. The van der Waals surface area contributed by atoms with Gasteiger partial charge in [0, 0.05) is 26.2 Å². The molecule has 11 heteroatoms. The number of anilines is 1. The molecule has 2 aliphatic heterocycles. The highest BCUT2D eigenvalue weighted by Gasteiger charge is 2.49. The van der Waals surface area contributed by atoms with Gasteiger partial charge in [-0.05, 0) is 37.1 Å². The minimum Gasteiger partial charge on any atom is -0.506 e. The van der Waals surface area contributed by atoms with E-state index in [-0.39, 0.29) is 23.7 Å². The highest BCUT2D eigenvalue weighted by molar-refractivity contribution is 7.86.